The average molecular weight is 929 g/mol. The Kier molecular flexibility index (Phi) is 9.88. The van der Waals surface area contributed by atoms with Gasteiger partial charge in [0, 0.05) is 10.9 Å². The van der Waals surface area contributed by atoms with Crippen LogP contribution in [-0.4, -0.2) is 125 Å². The summed E-state index contributed by atoms with van der Waals surface area (Å²) in [7, 11) is 18.4. The molecule has 0 unspecified atom stereocenters. The van der Waals surface area contributed by atoms with Crippen molar-refractivity contribution >= 4 is 61.9 Å². The number of hydrogen-bond donors (Lipinski definition) is 17. The SMILES string of the molecule is [B]c1c(O)c(O)c(O)c(O)c1-c1c(O)c(O)c(-c2nc(-c3c(O)c(O)c(O)c(O)c3O)nc(-c3c(O)c(O)c([B])c4c3oc3c(-c5ccc(-c6ccccc6)cc5)c(O)c([B])c(O)c34)n2)c(O)c1O. The molecule has 0 saturated heterocycles. The minimum atomic E-state index is -1.53. The number of nitrogens with zero attached hydrogens (tertiary/aromatic N) is 3. The van der Waals surface area contributed by atoms with Gasteiger partial charge >= 0.3 is 0 Å². The topological polar surface area (TPSA) is 396 Å². The van der Waals surface area contributed by atoms with Gasteiger partial charge in [-0.1, -0.05) is 54.6 Å². The third-order valence-electron chi connectivity index (χ3n) is 11.4. The van der Waals surface area contributed by atoms with Crippen molar-refractivity contribution in [2.45, 2.75) is 0 Å². The van der Waals surface area contributed by atoms with Crippen LogP contribution in [-0.2, 0) is 0 Å². The first-order valence-corrected chi connectivity index (χ1v) is 19.4. The number of benzene rings is 7. The summed E-state index contributed by atoms with van der Waals surface area (Å²) in [6.45, 7) is 0. The van der Waals surface area contributed by atoms with Crippen LogP contribution in [0, 0.1) is 0 Å². The van der Waals surface area contributed by atoms with E-state index in [1.165, 1.54) is 0 Å². The summed E-state index contributed by atoms with van der Waals surface area (Å²) in [6, 6.07) is 15.7. The molecular formula is C45H26B3N3O18. The monoisotopic (exact) mass is 929 g/mol. The van der Waals surface area contributed by atoms with Crippen LogP contribution in [0.15, 0.2) is 59.0 Å². The number of fused-ring (bicyclic) bond motifs is 3. The molecule has 0 fully saturated rings. The van der Waals surface area contributed by atoms with Gasteiger partial charge in [-0.05, 0) is 33.1 Å². The third-order valence-corrected chi connectivity index (χ3v) is 11.4. The lowest BCUT2D eigenvalue weighted by atomic mass is 9.83. The number of rotatable bonds is 6. The van der Waals surface area contributed by atoms with Gasteiger partial charge in [-0.2, -0.15) is 0 Å². The fraction of sp³-hybridized carbons (Fsp3) is 0. The van der Waals surface area contributed by atoms with E-state index in [0.717, 1.165) is 11.1 Å². The largest absolute Gasteiger partial charge is 0.508 e. The maximum atomic E-state index is 11.7. The van der Waals surface area contributed by atoms with E-state index in [2.05, 4.69) is 15.0 Å². The van der Waals surface area contributed by atoms with E-state index in [1.807, 2.05) is 30.3 Å². The van der Waals surface area contributed by atoms with Crippen molar-refractivity contribution in [1.29, 1.82) is 0 Å². The Morgan fingerprint density at radius 3 is 1.16 bits per heavy atom. The van der Waals surface area contributed by atoms with Gasteiger partial charge in [-0.3, -0.25) is 0 Å². The standard InChI is InChI=1S/C45H26B3N3O18/c46-21-14(26(54)36(64)39(67)35(21)63)16-27(55)29(57)18(30(58)28(16)56)43-49-44(19-31(59)37(65)40(68)38(66)32(19)60)51-45(50-43)20-33(61)34(62)22(47)15-17-25(53)23(48)24(52)13(41(17)69-42(15)20)12-8-6-11(7-9-12)10-4-2-1-3-5-10/h1-9,52-68H. The van der Waals surface area contributed by atoms with Gasteiger partial charge in [0.25, 0.3) is 0 Å². The molecule has 0 saturated carbocycles. The predicted molar refractivity (Wildman–Crippen MR) is 244 cm³/mol. The summed E-state index contributed by atoms with van der Waals surface area (Å²) in [4.78, 5) is 12.2. The van der Waals surface area contributed by atoms with Crippen molar-refractivity contribution in [2.75, 3.05) is 0 Å². The highest BCUT2D eigenvalue weighted by molar-refractivity contribution is 6.47. The van der Waals surface area contributed by atoms with Gasteiger partial charge in [0.2, 0.25) is 28.7 Å². The summed E-state index contributed by atoms with van der Waals surface area (Å²) in [5, 5.41) is 185. The summed E-state index contributed by atoms with van der Waals surface area (Å²) in [5.74, 6) is -26.1. The van der Waals surface area contributed by atoms with Crippen molar-refractivity contribution < 1.29 is 91.2 Å². The Balaban J connectivity index is 1.38. The lowest BCUT2D eigenvalue weighted by Gasteiger charge is -2.19. The molecular weight excluding hydrogens is 903 g/mol. The highest BCUT2D eigenvalue weighted by atomic mass is 16.4. The van der Waals surface area contributed by atoms with Gasteiger partial charge < -0.3 is 91.2 Å². The van der Waals surface area contributed by atoms with Crippen LogP contribution < -0.4 is 16.4 Å². The van der Waals surface area contributed by atoms with Crippen LogP contribution in [0.1, 0.15) is 0 Å². The van der Waals surface area contributed by atoms with Crippen molar-refractivity contribution in [3.8, 4) is 165 Å². The zero-order chi connectivity index (χ0) is 50.0. The number of aromatic nitrogens is 3. The molecule has 9 aromatic rings. The van der Waals surface area contributed by atoms with E-state index in [-0.39, 0.29) is 22.1 Å². The molecule has 0 aliphatic heterocycles. The first kappa shape index (κ1) is 44.4. The Hall–Kier alpha value is -9.86. The van der Waals surface area contributed by atoms with Crippen LogP contribution >= 0.6 is 0 Å². The molecule has 21 nitrogen and oxygen atoms in total. The number of phenols is 17. The molecule has 6 radical (unpaired) electrons. The minimum Gasteiger partial charge on any atom is -0.508 e. The number of phenolic OH excluding ortho intramolecular Hbond substituents is 17. The minimum absolute atomic E-state index is 0.162. The number of aromatic hydroxyl groups is 17. The van der Waals surface area contributed by atoms with E-state index in [1.54, 1.807) is 24.3 Å². The summed E-state index contributed by atoms with van der Waals surface area (Å²) < 4.78 is 6.25. The highest BCUT2D eigenvalue weighted by Gasteiger charge is 2.36. The third kappa shape index (κ3) is 6.19. The quantitative estimate of drug-likeness (QED) is 0.0647. The molecule has 0 atom stereocenters. The average Bonchev–Trinajstić information content (AvgIpc) is 3.73. The lowest BCUT2D eigenvalue weighted by molar-refractivity contribution is 0.329. The smallest absolute Gasteiger partial charge is 0.208 e. The van der Waals surface area contributed by atoms with Gasteiger partial charge in [0.05, 0.1) is 16.5 Å². The molecule has 338 valence electrons. The van der Waals surface area contributed by atoms with E-state index in [4.69, 9.17) is 28.0 Å². The van der Waals surface area contributed by atoms with Crippen LogP contribution in [0.5, 0.6) is 97.7 Å². The van der Waals surface area contributed by atoms with Crippen LogP contribution in [0.2, 0.25) is 0 Å². The first-order valence-electron chi connectivity index (χ1n) is 19.4. The van der Waals surface area contributed by atoms with Crippen molar-refractivity contribution in [3.05, 3.63) is 54.6 Å². The summed E-state index contributed by atoms with van der Waals surface area (Å²) >= 11 is 0. The number of hydrogen-bond acceptors (Lipinski definition) is 21. The first-order chi connectivity index (χ1) is 32.6. The van der Waals surface area contributed by atoms with Gasteiger partial charge in [0.15, 0.2) is 80.6 Å². The Bertz CT molecular complexity index is 3650. The molecule has 7 aromatic carbocycles. The van der Waals surface area contributed by atoms with E-state index in [0.29, 0.717) is 0 Å². The zero-order valence-corrected chi connectivity index (χ0v) is 34.3. The molecule has 2 heterocycles. The maximum absolute atomic E-state index is 11.7. The molecule has 69 heavy (non-hydrogen) atoms. The molecule has 0 aliphatic rings. The van der Waals surface area contributed by atoms with Gasteiger partial charge in [-0.15, -0.1) is 0 Å². The Morgan fingerprint density at radius 2 is 0.638 bits per heavy atom. The molecule has 0 bridgehead atoms. The van der Waals surface area contributed by atoms with Crippen LogP contribution in [0.3, 0.4) is 0 Å². The second kappa shape index (κ2) is 15.4. The number of furan rings is 1. The molecule has 2 aromatic heterocycles. The van der Waals surface area contributed by atoms with Crippen LogP contribution in [0.4, 0.5) is 0 Å². The van der Waals surface area contributed by atoms with E-state index < -0.39 is 170 Å². The molecule has 0 aliphatic carbocycles. The van der Waals surface area contributed by atoms with E-state index >= 15 is 0 Å². The predicted octanol–water partition coefficient (Wildman–Crippen LogP) is 3.15. The fourth-order valence-electron chi connectivity index (χ4n) is 7.89. The fourth-order valence-corrected chi connectivity index (χ4v) is 7.89. The second-order valence-corrected chi connectivity index (χ2v) is 15.2. The van der Waals surface area contributed by atoms with Crippen molar-refractivity contribution in [2.24, 2.45) is 0 Å². The molecule has 24 heteroatoms. The highest BCUT2D eigenvalue weighted by Crippen LogP contribution is 2.59. The normalized spacial score (nSPS) is 11.5. The van der Waals surface area contributed by atoms with Gasteiger partial charge in [-0.25, -0.2) is 15.0 Å². The summed E-state index contributed by atoms with van der Waals surface area (Å²) in [5.41, 5.74) is -7.14. The molecule has 9 rings (SSSR count). The van der Waals surface area contributed by atoms with Crippen LogP contribution in [0.25, 0.3) is 89.5 Å². The second-order valence-electron chi connectivity index (χ2n) is 15.2. The molecule has 0 amide bonds. The molecule has 17 N–H and O–H groups in total. The van der Waals surface area contributed by atoms with Crippen molar-refractivity contribution in [1.82, 2.24) is 15.0 Å². The van der Waals surface area contributed by atoms with Crippen molar-refractivity contribution in [3.63, 3.8) is 0 Å². The Labute approximate surface area is 387 Å². The lowest BCUT2D eigenvalue weighted by Crippen LogP contribution is -2.09. The van der Waals surface area contributed by atoms with Gasteiger partial charge in [0.1, 0.15) is 57.3 Å². The van der Waals surface area contributed by atoms with E-state index in [9.17, 15) is 86.8 Å². The summed E-state index contributed by atoms with van der Waals surface area (Å²) in [6.07, 6.45) is 0. The Morgan fingerprint density at radius 1 is 0.275 bits per heavy atom. The maximum Gasteiger partial charge on any atom is 0.208 e. The molecule has 0 spiro atoms. The zero-order valence-electron chi connectivity index (χ0n) is 34.3.